The summed E-state index contributed by atoms with van der Waals surface area (Å²) in [5, 5.41) is 3.35. The molecule has 0 spiro atoms. The summed E-state index contributed by atoms with van der Waals surface area (Å²) in [6, 6.07) is 8.67. The third kappa shape index (κ3) is 4.34. The Hall–Kier alpha value is -1.35. The number of carbonyl (C=O) groups excluding carboxylic acids is 1. The summed E-state index contributed by atoms with van der Waals surface area (Å²) in [4.78, 5) is 14.2. The zero-order chi connectivity index (χ0) is 14.4. The molecule has 1 N–H and O–H groups in total. The quantitative estimate of drug-likeness (QED) is 0.915. The molecule has 1 aliphatic rings. The van der Waals surface area contributed by atoms with Gasteiger partial charge in [0.15, 0.2) is 0 Å². The van der Waals surface area contributed by atoms with Crippen LogP contribution in [0.15, 0.2) is 24.3 Å². The monoisotopic (exact) mass is 274 g/mol. The van der Waals surface area contributed by atoms with Gasteiger partial charge in [0.25, 0.3) is 0 Å². The van der Waals surface area contributed by atoms with Gasteiger partial charge in [0, 0.05) is 19.1 Å². The van der Waals surface area contributed by atoms with Gasteiger partial charge in [0.05, 0.1) is 6.54 Å². The Balaban J connectivity index is 1.83. The lowest BCUT2D eigenvalue weighted by atomic mass is 10.1. The Morgan fingerprint density at radius 1 is 1.25 bits per heavy atom. The molecule has 2 rings (SSSR count). The average Bonchev–Trinajstić information content (AvgIpc) is 2.73. The molecule has 1 aliphatic heterocycles. The summed E-state index contributed by atoms with van der Waals surface area (Å²) in [7, 11) is 0. The second kappa shape index (κ2) is 7.44. The third-order valence-electron chi connectivity index (χ3n) is 4.06. The van der Waals surface area contributed by atoms with E-state index in [0.717, 1.165) is 25.9 Å². The fourth-order valence-electron chi connectivity index (χ4n) is 2.73. The van der Waals surface area contributed by atoms with Crippen molar-refractivity contribution in [2.45, 2.75) is 45.6 Å². The Kier molecular flexibility index (Phi) is 5.60. The van der Waals surface area contributed by atoms with Crippen molar-refractivity contribution in [1.82, 2.24) is 10.2 Å². The number of amides is 1. The van der Waals surface area contributed by atoms with Crippen LogP contribution in [0.2, 0.25) is 0 Å². The van der Waals surface area contributed by atoms with Gasteiger partial charge < -0.3 is 10.2 Å². The van der Waals surface area contributed by atoms with E-state index in [0.29, 0.717) is 6.54 Å². The van der Waals surface area contributed by atoms with Crippen molar-refractivity contribution in [2.75, 3.05) is 19.6 Å². The lowest BCUT2D eigenvalue weighted by Gasteiger charge is -2.22. The SMILES string of the molecule is Cc1cccc([C@@H](C)NCC(=O)N2CCCCCC2)c1. The van der Waals surface area contributed by atoms with Crippen LogP contribution in [0, 0.1) is 6.92 Å². The number of rotatable bonds is 4. The molecule has 0 saturated carbocycles. The molecule has 0 unspecified atom stereocenters. The summed E-state index contributed by atoms with van der Waals surface area (Å²) < 4.78 is 0. The van der Waals surface area contributed by atoms with Gasteiger partial charge >= 0.3 is 0 Å². The smallest absolute Gasteiger partial charge is 0.236 e. The van der Waals surface area contributed by atoms with E-state index in [1.807, 2.05) is 4.90 Å². The fraction of sp³-hybridized carbons (Fsp3) is 0.588. The first-order chi connectivity index (χ1) is 9.66. The van der Waals surface area contributed by atoms with Crippen molar-refractivity contribution in [3.05, 3.63) is 35.4 Å². The Morgan fingerprint density at radius 2 is 1.95 bits per heavy atom. The summed E-state index contributed by atoms with van der Waals surface area (Å²) in [6.45, 7) is 6.51. The van der Waals surface area contributed by atoms with Crippen molar-refractivity contribution in [1.29, 1.82) is 0 Å². The number of carbonyl (C=O) groups is 1. The third-order valence-corrected chi connectivity index (χ3v) is 4.06. The van der Waals surface area contributed by atoms with Gasteiger partial charge in [-0.05, 0) is 32.3 Å². The summed E-state index contributed by atoms with van der Waals surface area (Å²) in [6.07, 6.45) is 4.83. The van der Waals surface area contributed by atoms with Crippen LogP contribution in [-0.2, 0) is 4.79 Å². The highest BCUT2D eigenvalue weighted by molar-refractivity contribution is 5.78. The van der Waals surface area contributed by atoms with Crippen LogP contribution < -0.4 is 5.32 Å². The van der Waals surface area contributed by atoms with E-state index >= 15 is 0 Å². The molecule has 1 aromatic rings. The molecule has 0 radical (unpaired) electrons. The van der Waals surface area contributed by atoms with E-state index < -0.39 is 0 Å². The van der Waals surface area contributed by atoms with Crippen LogP contribution in [0.3, 0.4) is 0 Å². The molecular formula is C17H26N2O. The van der Waals surface area contributed by atoms with Crippen molar-refractivity contribution in [3.8, 4) is 0 Å². The van der Waals surface area contributed by atoms with Crippen LogP contribution in [0.4, 0.5) is 0 Å². The predicted octanol–water partition coefficient (Wildman–Crippen LogP) is 3.05. The van der Waals surface area contributed by atoms with Crippen LogP contribution in [-0.4, -0.2) is 30.4 Å². The molecule has 0 aliphatic carbocycles. The number of nitrogens with zero attached hydrogens (tertiary/aromatic N) is 1. The number of nitrogens with one attached hydrogen (secondary N) is 1. The number of likely N-dealkylation sites (tertiary alicyclic amines) is 1. The van der Waals surface area contributed by atoms with Crippen LogP contribution in [0.25, 0.3) is 0 Å². The van der Waals surface area contributed by atoms with E-state index in [4.69, 9.17) is 0 Å². The maximum Gasteiger partial charge on any atom is 0.236 e. The first-order valence-electron chi connectivity index (χ1n) is 7.74. The maximum absolute atomic E-state index is 12.2. The summed E-state index contributed by atoms with van der Waals surface area (Å²) in [5.74, 6) is 0.242. The van der Waals surface area contributed by atoms with Gasteiger partial charge in [0.1, 0.15) is 0 Å². The standard InChI is InChI=1S/C17H26N2O/c1-14-8-7-9-16(12-14)15(2)18-13-17(20)19-10-5-3-4-6-11-19/h7-9,12,15,18H,3-6,10-11,13H2,1-2H3/t15-/m1/s1. The second-order valence-electron chi connectivity index (χ2n) is 5.81. The lowest BCUT2D eigenvalue weighted by molar-refractivity contribution is -0.130. The molecule has 0 aromatic heterocycles. The van der Waals surface area contributed by atoms with E-state index in [9.17, 15) is 4.79 Å². The molecule has 1 atom stereocenters. The predicted molar refractivity (Wildman–Crippen MR) is 82.6 cm³/mol. The van der Waals surface area contributed by atoms with E-state index in [-0.39, 0.29) is 11.9 Å². The van der Waals surface area contributed by atoms with Crippen molar-refractivity contribution >= 4 is 5.91 Å². The van der Waals surface area contributed by atoms with Crippen molar-refractivity contribution in [3.63, 3.8) is 0 Å². The van der Waals surface area contributed by atoms with Crippen LogP contribution >= 0.6 is 0 Å². The molecule has 110 valence electrons. The highest BCUT2D eigenvalue weighted by Crippen LogP contribution is 2.14. The zero-order valence-corrected chi connectivity index (χ0v) is 12.7. The van der Waals surface area contributed by atoms with Crippen molar-refractivity contribution in [2.24, 2.45) is 0 Å². The Morgan fingerprint density at radius 3 is 2.60 bits per heavy atom. The van der Waals surface area contributed by atoms with Gasteiger partial charge in [-0.1, -0.05) is 42.7 Å². The number of benzene rings is 1. The minimum absolute atomic E-state index is 0.214. The van der Waals surface area contributed by atoms with E-state index in [1.165, 1.54) is 24.0 Å². The molecule has 1 saturated heterocycles. The van der Waals surface area contributed by atoms with Crippen molar-refractivity contribution < 1.29 is 4.79 Å². The van der Waals surface area contributed by atoms with Gasteiger partial charge in [-0.3, -0.25) is 4.79 Å². The molecule has 20 heavy (non-hydrogen) atoms. The average molecular weight is 274 g/mol. The van der Waals surface area contributed by atoms with Crippen LogP contribution in [0.5, 0.6) is 0 Å². The normalized spacial score (nSPS) is 17.6. The number of aryl methyl sites for hydroxylation is 1. The molecule has 0 bridgehead atoms. The fourth-order valence-corrected chi connectivity index (χ4v) is 2.73. The molecule has 1 fully saturated rings. The Bertz CT molecular complexity index is 436. The number of hydrogen-bond donors (Lipinski definition) is 1. The largest absolute Gasteiger partial charge is 0.342 e. The highest BCUT2D eigenvalue weighted by atomic mass is 16.2. The summed E-state index contributed by atoms with van der Waals surface area (Å²) in [5.41, 5.74) is 2.50. The Labute approximate surface area is 122 Å². The molecule has 1 aromatic carbocycles. The lowest BCUT2D eigenvalue weighted by Crippen LogP contribution is -2.39. The summed E-state index contributed by atoms with van der Waals surface area (Å²) >= 11 is 0. The number of hydrogen-bond acceptors (Lipinski definition) is 2. The highest BCUT2D eigenvalue weighted by Gasteiger charge is 2.16. The second-order valence-corrected chi connectivity index (χ2v) is 5.81. The zero-order valence-electron chi connectivity index (χ0n) is 12.7. The molecule has 3 nitrogen and oxygen atoms in total. The first-order valence-corrected chi connectivity index (χ1v) is 7.74. The maximum atomic E-state index is 12.2. The van der Waals surface area contributed by atoms with E-state index in [2.05, 4.69) is 43.4 Å². The van der Waals surface area contributed by atoms with Gasteiger partial charge in [-0.15, -0.1) is 0 Å². The van der Waals surface area contributed by atoms with Gasteiger partial charge in [0.2, 0.25) is 5.91 Å². The molecule has 3 heteroatoms. The minimum atomic E-state index is 0.214. The molecule has 1 amide bonds. The first kappa shape index (κ1) is 15.0. The van der Waals surface area contributed by atoms with Gasteiger partial charge in [-0.2, -0.15) is 0 Å². The topological polar surface area (TPSA) is 32.3 Å². The van der Waals surface area contributed by atoms with E-state index in [1.54, 1.807) is 0 Å². The minimum Gasteiger partial charge on any atom is -0.342 e. The molecule has 1 heterocycles. The van der Waals surface area contributed by atoms with Crippen LogP contribution in [0.1, 0.15) is 49.8 Å². The van der Waals surface area contributed by atoms with Gasteiger partial charge in [-0.25, -0.2) is 0 Å². The molecular weight excluding hydrogens is 248 g/mol.